The molecule has 0 bridgehead atoms. The fraction of sp³-hybridized carbons (Fsp3) is 0.611. The average Bonchev–Trinajstić information content (AvgIpc) is 2.94. The van der Waals surface area contributed by atoms with Gasteiger partial charge in [0.15, 0.2) is 0 Å². The van der Waals surface area contributed by atoms with Gasteiger partial charge < -0.3 is 5.32 Å². The molecule has 1 amide bonds. The topological polar surface area (TPSA) is 29.1 Å². The van der Waals surface area contributed by atoms with Crippen molar-refractivity contribution in [3.05, 3.63) is 34.9 Å². The molecule has 1 aromatic carbocycles. The van der Waals surface area contributed by atoms with Crippen molar-refractivity contribution in [1.29, 1.82) is 0 Å². The second-order valence-electron chi connectivity index (χ2n) is 6.91. The summed E-state index contributed by atoms with van der Waals surface area (Å²) in [6.45, 7) is 2.29. The lowest BCUT2D eigenvalue weighted by molar-refractivity contribution is 0.0869. The summed E-state index contributed by atoms with van der Waals surface area (Å²) in [6, 6.07) is 6.24. The summed E-state index contributed by atoms with van der Waals surface area (Å²) in [7, 11) is 0. The Bertz CT molecular complexity index is 542. The van der Waals surface area contributed by atoms with Gasteiger partial charge in [-0.2, -0.15) is 0 Å². The molecule has 21 heavy (non-hydrogen) atoms. The van der Waals surface area contributed by atoms with Gasteiger partial charge in [0.25, 0.3) is 5.91 Å². The van der Waals surface area contributed by atoms with Crippen LogP contribution in [0.25, 0.3) is 0 Å². The molecule has 3 rings (SSSR count). The van der Waals surface area contributed by atoms with Crippen molar-refractivity contribution in [2.75, 3.05) is 5.33 Å². The number of halogens is 1. The highest BCUT2D eigenvalue weighted by Crippen LogP contribution is 2.34. The summed E-state index contributed by atoms with van der Waals surface area (Å²) in [5, 5.41) is 4.18. The molecule has 114 valence electrons. The Morgan fingerprint density at radius 3 is 2.90 bits per heavy atom. The minimum atomic E-state index is -0.0617. The SMILES string of the molecule is CC1CCCC(CBr)(NC(=O)c2ccc3c(c2)CCC3)C1. The van der Waals surface area contributed by atoms with E-state index in [0.29, 0.717) is 5.92 Å². The minimum absolute atomic E-state index is 0.0617. The van der Waals surface area contributed by atoms with Crippen molar-refractivity contribution in [3.63, 3.8) is 0 Å². The first-order valence-electron chi connectivity index (χ1n) is 8.12. The number of benzene rings is 1. The van der Waals surface area contributed by atoms with Gasteiger partial charge >= 0.3 is 0 Å². The maximum absolute atomic E-state index is 12.7. The molecule has 2 aliphatic carbocycles. The normalized spacial score (nSPS) is 28.2. The second-order valence-corrected chi connectivity index (χ2v) is 7.47. The largest absolute Gasteiger partial charge is 0.346 e. The van der Waals surface area contributed by atoms with E-state index in [2.05, 4.69) is 40.3 Å². The third-order valence-corrected chi connectivity index (χ3v) is 6.16. The Kier molecular flexibility index (Phi) is 4.39. The predicted octanol–water partition coefficient (Wildman–Crippen LogP) is 4.25. The van der Waals surface area contributed by atoms with Crippen LogP contribution in [0.3, 0.4) is 0 Å². The molecule has 0 aliphatic heterocycles. The fourth-order valence-corrected chi connectivity index (χ4v) is 4.60. The van der Waals surface area contributed by atoms with E-state index in [9.17, 15) is 4.79 Å². The van der Waals surface area contributed by atoms with Crippen molar-refractivity contribution < 1.29 is 4.79 Å². The van der Waals surface area contributed by atoms with Gasteiger partial charge in [0, 0.05) is 10.9 Å². The van der Waals surface area contributed by atoms with Crippen molar-refractivity contribution in [1.82, 2.24) is 5.32 Å². The Morgan fingerprint density at radius 1 is 1.33 bits per heavy atom. The Labute approximate surface area is 135 Å². The van der Waals surface area contributed by atoms with E-state index in [-0.39, 0.29) is 11.4 Å². The van der Waals surface area contributed by atoms with Gasteiger partial charge in [-0.05, 0) is 61.3 Å². The minimum Gasteiger partial charge on any atom is -0.346 e. The standard InChI is InChI=1S/C18H24BrNO/c1-13-4-3-9-18(11-13,12-19)20-17(21)16-8-7-14-5-2-6-15(14)10-16/h7-8,10,13H,2-6,9,11-12H2,1H3,(H,20,21). The first-order chi connectivity index (χ1) is 10.1. The summed E-state index contributed by atoms with van der Waals surface area (Å²) in [6.07, 6.45) is 8.16. The Hall–Kier alpha value is -0.830. The van der Waals surface area contributed by atoms with Crippen molar-refractivity contribution >= 4 is 21.8 Å². The lowest BCUT2D eigenvalue weighted by Gasteiger charge is -2.39. The fourth-order valence-electron chi connectivity index (χ4n) is 3.95. The lowest BCUT2D eigenvalue weighted by Crippen LogP contribution is -2.52. The van der Waals surface area contributed by atoms with Crippen LogP contribution in [0.2, 0.25) is 0 Å². The van der Waals surface area contributed by atoms with Crippen LogP contribution in [0.5, 0.6) is 0 Å². The zero-order valence-corrected chi connectivity index (χ0v) is 14.3. The zero-order chi connectivity index (χ0) is 14.9. The highest BCUT2D eigenvalue weighted by atomic mass is 79.9. The molecule has 3 heteroatoms. The number of hydrogen-bond acceptors (Lipinski definition) is 1. The van der Waals surface area contributed by atoms with Gasteiger partial charge in [-0.1, -0.05) is 41.8 Å². The van der Waals surface area contributed by atoms with Crippen molar-refractivity contribution in [3.8, 4) is 0 Å². The highest BCUT2D eigenvalue weighted by Gasteiger charge is 2.35. The van der Waals surface area contributed by atoms with Crippen LogP contribution >= 0.6 is 15.9 Å². The quantitative estimate of drug-likeness (QED) is 0.812. The molecule has 0 heterocycles. The molecule has 0 spiro atoms. The molecule has 2 unspecified atom stereocenters. The molecule has 1 fully saturated rings. The first-order valence-corrected chi connectivity index (χ1v) is 9.24. The maximum Gasteiger partial charge on any atom is 0.251 e. The Balaban J connectivity index is 1.75. The lowest BCUT2D eigenvalue weighted by atomic mass is 9.77. The number of fused-ring (bicyclic) bond motifs is 1. The number of carbonyl (C=O) groups excluding carboxylic acids is 1. The van der Waals surface area contributed by atoms with Gasteiger partial charge in [-0.25, -0.2) is 0 Å². The van der Waals surface area contributed by atoms with Crippen LogP contribution in [0.4, 0.5) is 0 Å². The van der Waals surface area contributed by atoms with Gasteiger partial charge in [0.1, 0.15) is 0 Å². The van der Waals surface area contributed by atoms with E-state index in [1.165, 1.54) is 36.8 Å². The second kappa shape index (κ2) is 6.12. The summed E-state index contributed by atoms with van der Waals surface area (Å²) in [4.78, 5) is 12.7. The summed E-state index contributed by atoms with van der Waals surface area (Å²) in [5.41, 5.74) is 3.56. The van der Waals surface area contributed by atoms with E-state index in [1.54, 1.807) is 0 Å². The summed E-state index contributed by atoms with van der Waals surface area (Å²) >= 11 is 3.63. The van der Waals surface area contributed by atoms with Crippen LogP contribution in [0, 0.1) is 5.92 Å². The summed E-state index contributed by atoms with van der Waals surface area (Å²) < 4.78 is 0. The first kappa shape index (κ1) is 15.1. The predicted molar refractivity (Wildman–Crippen MR) is 90.1 cm³/mol. The van der Waals surface area contributed by atoms with Crippen molar-refractivity contribution in [2.45, 2.75) is 57.4 Å². The van der Waals surface area contributed by atoms with Gasteiger partial charge in [0.05, 0.1) is 5.54 Å². The number of alkyl halides is 1. The number of amides is 1. The number of nitrogens with one attached hydrogen (secondary N) is 1. The molecule has 1 saturated carbocycles. The van der Waals surface area contributed by atoms with Crippen LogP contribution in [-0.2, 0) is 12.8 Å². The maximum atomic E-state index is 12.7. The van der Waals surface area contributed by atoms with E-state index in [4.69, 9.17) is 0 Å². The molecule has 1 N–H and O–H groups in total. The molecule has 2 aliphatic rings. The van der Waals surface area contributed by atoms with Crippen LogP contribution in [-0.4, -0.2) is 16.8 Å². The zero-order valence-electron chi connectivity index (χ0n) is 12.8. The highest BCUT2D eigenvalue weighted by molar-refractivity contribution is 9.09. The smallest absolute Gasteiger partial charge is 0.251 e. The number of carbonyl (C=O) groups is 1. The monoisotopic (exact) mass is 349 g/mol. The van der Waals surface area contributed by atoms with Crippen LogP contribution in [0.15, 0.2) is 18.2 Å². The molecule has 0 aromatic heterocycles. The van der Waals surface area contributed by atoms with Crippen LogP contribution in [0.1, 0.15) is 60.5 Å². The van der Waals surface area contributed by atoms with E-state index in [0.717, 1.165) is 30.2 Å². The van der Waals surface area contributed by atoms with Gasteiger partial charge in [0.2, 0.25) is 0 Å². The van der Waals surface area contributed by atoms with E-state index >= 15 is 0 Å². The molecule has 1 aromatic rings. The molecular weight excluding hydrogens is 326 g/mol. The van der Waals surface area contributed by atoms with E-state index in [1.807, 2.05) is 6.07 Å². The molecule has 2 nitrogen and oxygen atoms in total. The van der Waals surface area contributed by atoms with Crippen molar-refractivity contribution in [2.24, 2.45) is 5.92 Å². The third kappa shape index (κ3) is 3.18. The third-order valence-electron chi connectivity index (χ3n) is 5.09. The summed E-state index contributed by atoms with van der Waals surface area (Å²) in [5.74, 6) is 0.787. The molecule has 0 saturated heterocycles. The number of rotatable bonds is 3. The molecular formula is C18H24BrNO. The van der Waals surface area contributed by atoms with Gasteiger partial charge in [-0.3, -0.25) is 4.79 Å². The molecule has 2 atom stereocenters. The van der Waals surface area contributed by atoms with Crippen LogP contribution < -0.4 is 5.32 Å². The average molecular weight is 350 g/mol. The number of aryl methyl sites for hydroxylation is 2. The number of hydrogen-bond donors (Lipinski definition) is 1. The van der Waals surface area contributed by atoms with E-state index < -0.39 is 0 Å². The van der Waals surface area contributed by atoms with Gasteiger partial charge in [-0.15, -0.1) is 0 Å². The molecule has 0 radical (unpaired) electrons. The Morgan fingerprint density at radius 2 is 2.14 bits per heavy atom.